The van der Waals surface area contributed by atoms with Crippen LogP contribution in [0, 0.1) is 40.9 Å². The lowest BCUT2D eigenvalue weighted by atomic mass is 9.38. The fourth-order valence-electron chi connectivity index (χ4n) is 8.65. The van der Waals surface area contributed by atoms with E-state index >= 15 is 0 Å². The van der Waals surface area contributed by atoms with Crippen molar-refractivity contribution in [3.05, 3.63) is 28.8 Å². The van der Waals surface area contributed by atoms with Crippen molar-refractivity contribution in [1.82, 2.24) is 0 Å². The molecule has 3 saturated carbocycles. The SMILES string of the molecule is Cc1c(O)c(O)cc2c1C=CC1C2(C)CCC2C3C[C@](C)(CN)CCC3(C)CCC21C. The van der Waals surface area contributed by atoms with Gasteiger partial charge >= 0.3 is 0 Å². The first kappa shape index (κ1) is 21.4. The zero-order chi connectivity index (χ0) is 22.4. The van der Waals surface area contributed by atoms with Crippen molar-refractivity contribution >= 4 is 6.08 Å². The zero-order valence-electron chi connectivity index (χ0n) is 20.1. The van der Waals surface area contributed by atoms with Gasteiger partial charge in [-0.1, -0.05) is 39.8 Å². The molecule has 4 N–H and O–H groups in total. The molecule has 3 heteroatoms. The smallest absolute Gasteiger partial charge is 0.161 e. The van der Waals surface area contributed by atoms with Gasteiger partial charge in [0.2, 0.25) is 0 Å². The summed E-state index contributed by atoms with van der Waals surface area (Å²) >= 11 is 0. The van der Waals surface area contributed by atoms with E-state index in [1.165, 1.54) is 44.1 Å². The van der Waals surface area contributed by atoms with Crippen LogP contribution in [0.1, 0.15) is 89.3 Å². The highest BCUT2D eigenvalue weighted by atomic mass is 16.3. The Hall–Kier alpha value is -1.48. The molecule has 0 saturated heterocycles. The maximum atomic E-state index is 10.4. The van der Waals surface area contributed by atoms with E-state index in [1.54, 1.807) is 0 Å². The second-order valence-electron chi connectivity index (χ2n) is 12.7. The third-order valence-electron chi connectivity index (χ3n) is 11.0. The van der Waals surface area contributed by atoms with E-state index in [2.05, 4.69) is 39.8 Å². The standard InChI is InChI=1S/C28H41NO2/c1-17-18-6-7-23-27(4,20(18)14-22(30)24(17)31)9-8-19-21-15-25(2,16-29)10-11-26(21,3)12-13-28(19,23)5/h6-7,14,19,21,23,30-31H,8-13,15-16,29H2,1-5H3/t19?,21?,23?,25-,26?,27?,28?/m1/s1. The van der Waals surface area contributed by atoms with Gasteiger partial charge in [-0.05, 0) is 110 Å². The molecule has 6 unspecified atom stereocenters. The first-order valence-electron chi connectivity index (χ1n) is 12.4. The van der Waals surface area contributed by atoms with Crippen molar-refractivity contribution in [2.45, 2.75) is 85.0 Å². The Labute approximate surface area is 188 Å². The molecule has 0 aliphatic heterocycles. The summed E-state index contributed by atoms with van der Waals surface area (Å²) in [6.45, 7) is 12.7. The first-order valence-corrected chi connectivity index (χ1v) is 12.4. The first-order chi connectivity index (χ1) is 14.5. The molecular formula is C28H41NO2. The normalized spacial score (nSPS) is 45.9. The van der Waals surface area contributed by atoms with Crippen LogP contribution in [0.5, 0.6) is 11.5 Å². The molecule has 4 aliphatic carbocycles. The van der Waals surface area contributed by atoms with Crippen LogP contribution in [0.3, 0.4) is 0 Å². The summed E-state index contributed by atoms with van der Waals surface area (Å²) in [5.41, 5.74) is 10.4. The number of hydrogen-bond donors (Lipinski definition) is 3. The maximum Gasteiger partial charge on any atom is 0.161 e. The second-order valence-corrected chi connectivity index (χ2v) is 12.7. The van der Waals surface area contributed by atoms with Gasteiger partial charge < -0.3 is 15.9 Å². The van der Waals surface area contributed by atoms with Gasteiger partial charge in [0.25, 0.3) is 0 Å². The van der Waals surface area contributed by atoms with Gasteiger partial charge in [-0.2, -0.15) is 0 Å². The molecule has 3 fully saturated rings. The highest BCUT2D eigenvalue weighted by Crippen LogP contribution is 2.70. The molecule has 31 heavy (non-hydrogen) atoms. The number of benzene rings is 1. The number of nitrogens with two attached hydrogens (primary N) is 1. The second kappa shape index (κ2) is 6.53. The van der Waals surface area contributed by atoms with Crippen LogP contribution < -0.4 is 5.73 Å². The average molecular weight is 424 g/mol. The Kier molecular flexibility index (Phi) is 4.50. The minimum absolute atomic E-state index is 0.00481. The van der Waals surface area contributed by atoms with E-state index in [1.807, 2.05) is 13.0 Å². The third kappa shape index (κ3) is 2.74. The van der Waals surface area contributed by atoms with E-state index in [9.17, 15) is 10.2 Å². The molecule has 1 aromatic rings. The fourth-order valence-corrected chi connectivity index (χ4v) is 8.65. The zero-order valence-corrected chi connectivity index (χ0v) is 20.1. The summed E-state index contributed by atoms with van der Waals surface area (Å²) in [7, 11) is 0. The van der Waals surface area contributed by atoms with E-state index in [-0.39, 0.29) is 22.3 Å². The lowest BCUT2D eigenvalue weighted by molar-refractivity contribution is -0.140. The Morgan fingerprint density at radius 3 is 2.42 bits per heavy atom. The van der Waals surface area contributed by atoms with E-state index in [0.29, 0.717) is 16.7 Å². The van der Waals surface area contributed by atoms with Crippen LogP contribution in [0.25, 0.3) is 6.08 Å². The number of fused-ring (bicyclic) bond motifs is 7. The summed E-state index contributed by atoms with van der Waals surface area (Å²) in [4.78, 5) is 0. The van der Waals surface area contributed by atoms with Crippen molar-refractivity contribution in [3.63, 3.8) is 0 Å². The molecule has 170 valence electrons. The largest absolute Gasteiger partial charge is 0.504 e. The molecule has 7 atom stereocenters. The van der Waals surface area contributed by atoms with Gasteiger partial charge in [-0.3, -0.25) is 0 Å². The highest BCUT2D eigenvalue weighted by Gasteiger charge is 2.62. The van der Waals surface area contributed by atoms with Crippen molar-refractivity contribution in [2.24, 2.45) is 39.7 Å². The molecule has 0 spiro atoms. The fraction of sp³-hybridized carbons (Fsp3) is 0.714. The molecule has 3 nitrogen and oxygen atoms in total. The summed E-state index contributed by atoms with van der Waals surface area (Å²) in [5, 5.41) is 20.8. The summed E-state index contributed by atoms with van der Waals surface area (Å²) < 4.78 is 0. The predicted molar refractivity (Wildman–Crippen MR) is 127 cm³/mol. The topological polar surface area (TPSA) is 66.5 Å². The van der Waals surface area contributed by atoms with Gasteiger partial charge in [-0.15, -0.1) is 0 Å². The maximum absolute atomic E-state index is 10.4. The molecule has 0 heterocycles. The van der Waals surface area contributed by atoms with E-state index in [4.69, 9.17) is 5.73 Å². The van der Waals surface area contributed by atoms with Crippen molar-refractivity contribution in [3.8, 4) is 11.5 Å². The summed E-state index contributed by atoms with van der Waals surface area (Å²) in [6.07, 6.45) is 13.6. The van der Waals surface area contributed by atoms with Crippen LogP contribution in [-0.4, -0.2) is 16.8 Å². The Morgan fingerprint density at radius 2 is 1.71 bits per heavy atom. The Morgan fingerprint density at radius 1 is 1.00 bits per heavy atom. The number of hydrogen-bond acceptors (Lipinski definition) is 3. The van der Waals surface area contributed by atoms with Gasteiger partial charge in [0.05, 0.1) is 0 Å². The molecule has 4 aliphatic rings. The minimum Gasteiger partial charge on any atom is -0.504 e. The number of aromatic hydroxyl groups is 2. The number of rotatable bonds is 1. The van der Waals surface area contributed by atoms with Gasteiger partial charge in [0.1, 0.15) is 0 Å². The van der Waals surface area contributed by atoms with Crippen molar-refractivity contribution in [2.75, 3.05) is 6.54 Å². The molecule has 0 amide bonds. The summed E-state index contributed by atoms with van der Waals surface area (Å²) in [5.74, 6) is 2.00. The van der Waals surface area contributed by atoms with Crippen LogP contribution in [0.2, 0.25) is 0 Å². The highest BCUT2D eigenvalue weighted by molar-refractivity contribution is 5.69. The molecule has 0 radical (unpaired) electrons. The van der Waals surface area contributed by atoms with Crippen LogP contribution in [0.15, 0.2) is 12.1 Å². The minimum atomic E-state index is 0.00481. The third-order valence-corrected chi connectivity index (χ3v) is 11.0. The number of allylic oxidation sites excluding steroid dienone is 1. The van der Waals surface area contributed by atoms with Gasteiger partial charge in [-0.25, -0.2) is 0 Å². The Bertz CT molecular complexity index is 953. The molecule has 0 bridgehead atoms. The average Bonchev–Trinajstić information content (AvgIpc) is 2.73. The lowest BCUT2D eigenvalue weighted by Gasteiger charge is -2.66. The van der Waals surface area contributed by atoms with Crippen molar-refractivity contribution < 1.29 is 10.2 Å². The quantitative estimate of drug-likeness (QED) is 0.465. The van der Waals surface area contributed by atoms with Gasteiger partial charge in [0, 0.05) is 11.0 Å². The van der Waals surface area contributed by atoms with Crippen LogP contribution >= 0.6 is 0 Å². The number of phenols is 2. The molecule has 5 rings (SSSR count). The van der Waals surface area contributed by atoms with Crippen LogP contribution in [-0.2, 0) is 5.41 Å². The predicted octanol–water partition coefficient (Wildman–Crippen LogP) is 6.29. The number of phenolic OH excluding ortho intramolecular Hbond substituents is 2. The molecule has 1 aromatic carbocycles. The van der Waals surface area contributed by atoms with Crippen LogP contribution in [0.4, 0.5) is 0 Å². The van der Waals surface area contributed by atoms with Gasteiger partial charge in [0.15, 0.2) is 11.5 Å². The lowest BCUT2D eigenvalue weighted by Crippen LogP contribution is -2.59. The molecular weight excluding hydrogens is 382 g/mol. The van der Waals surface area contributed by atoms with Crippen molar-refractivity contribution in [1.29, 1.82) is 0 Å². The Balaban J connectivity index is 1.58. The van der Waals surface area contributed by atoms with E-state index < -0.39 is 0 Å². The molecule has 0 aromatic heterocycles. The van der Waals surface area contributed by atoms with E-state index in [0.717, 1.165) is 35.9 Å². The summed E-state index contributed by atoms with van der Waals surface area (Å²) in [6, 6.07) is 1.86. The monoisotopic (exact) mass is 423 g/mol.